The molecule has 3 rings (SSSR count). The van der Waals surface area contributed by atoms with Crippen LogP contribution in [0.5, 0.6) is 11.5 Å². The number of aliphatic hydroxyl groups is 1. The fraction of sp³-hybridized carbons (Fsp3) is 0. The van der Waals surface area contributed by atoms with Gasteiger partial charge in [0.05, 0.1) is 0 Å². The molecule has 1 aliphatic rings. The van der Waals surface area contributed by atoms with Crippen LogP contribution in [0.1, 0.15) is 0 Å². The molecule has 5 heteroatoms. The van der Waals surface area contributed by atoms with Gasteiger partial charge in [-0.15, -0.1) is 5.37 Å². The molecule has 0 atom stereocenters. The third-order valence-corrected chi connectivity index (χ3v) is 4.47. The molecule has 24 heavy (non-hydrogen) atoms. The van der Waals surface area contributed by atoms with Gasteiger partial charge in [-0.25, -0.2) is 12.2 Å². The van der Waals surface area contributed by atoms with Gasteiger partial charge >= 0.3 is 8.60 Å². The first-order valence-electron chi connectivity index (χ1n) is 7.37. The summed E-state index contributed by atoms with van der Waals surface area (Å²) >= 11 is 5.06. The van der Waals surface area contributed by atoms with E-state index in [1.165, 1.54) is 0 Å². The summed E-state index contributed by atoms with van der Waals surface area (Å²) in [5, 5.41) is 1.61. The maximum atomic E-state index is 5.95. The number of thiocarbonyl (C=S) groups is 1. The zero-order chi connectivity index (χ0) is 16.6. The first kappa shape index (κ1) is 16.6. The van der Waals surface area contributed by atoms with E-state index in [1.54, 1.807) is 5.37 Å². The standard InChI is InChI=1S/C19H16O3PS/c24-15-16-9-7-8-14-19(16)22-23(20-17-10-3-1-4-11-17)21-18-12-5-2-6-13-18/h1-15,22H/q-1. The lowest BCUT2D eigenvalue weighted by Crippen LogP contribution is -2.12. The Kier molecular flexibility index (Phi) is 5.91. The molecule has 122 valence electrons. The summed E-state index contributed by atoms with van der Waals surface area (Å²) in [6.07, 6.45) is 8.42. The van der Waals surface area contributed by atoms with E-state index in [4.69, 9.17) is 21.3 Å². The number of rotatable bonds is 7. The van der Waals surface area contributed by atoms with Crippen molar-refractivity contribution in [3.05, 3.63) is 97.0 Å². The Labute approximate surface area is 148 Å². The van der Waals surface area contributed by atoms with Crippen LogP contribution in [0.4, 0.5) is 0 Å². The molecule has 1 N–H and O–H groups in total. The zero-order valence-electron chi connectivity index (χ0n) is 12.8. The van der Waals surface area contributed by atoms with Gasteiger partial charge in [0.25, 0.3) is 0 Å². The Hall–Kier alpha value is -2.26. The maximum absolute atomic E-state index is 5.95. The summed E-state index contributed by atoms with van der Waals surface area (Å²) in [5.41, 5.74) is 0.869. The van der Waals surface area contributed by atoms with Gasteiger partial charge in [-0.1, -0.05) is 36.4 Å². The van der Waals surface area contributed by atoms with E-state index in [0.717, 1.165) is 11.7 Å². The Morgan fingerprint density at radius 3 is 2.08 bits per heavy atom. The SMILES string of the molecule is S=CC1=C[CH-]C=C[C-]1[OH+]P(Oc1ccccc1)Oc1ccccc1. The van der Waals surface area contributed by atoms with Gasteiger partial charge in [0.2, 0.25) is 0 Å². The van der Waals surface area contributed by atoms with Gasteiger partial charge in [0.15, 0.2) is 0 Å². The fourth-order valence-corrected chi connectivity index (χ4v) is 3.25. The smallest absolute Gasteiger partial charge is 0.382 e. The summed E-state index contributed by atoms with van der Waals surface area (Å²) < 4.78 is 16.5. The van der Waals surface area contributed by atoms with Crippen molar-refractivity contribution in [2.24, 2.45) is 0 Å². The molecule has 0 fully saturated rings. The Bertz CT molecular complexity index is 674. The normalized spacial score (nSPS) is 13.2. The predicted octanol–water partition coefficient (Wildman–Crippen LogP) is 5.13. The molecule has 0 saturated heterocycles. The predicted molar refractivity (Wildman–Crippen MR) is 102 cm³/mol. The topological polar surface area (TPSA) is 31.3 Å². The third-order valence-electron chi connectivity index (χ3n) is 3.11. The molecule has 0 bridgehead atoms. The van der Waals surface area contributed by atoms with Gasteiger partial charge < -0.3 is 13.6 Å². The van der Waals surface area contributed by atoms with Crippen molar-refractivity contribution in [1.29, 1.82) is 0 Å². The molecular weight excluding hydrogens is 339 g/mol. The van der Waals surface area contributed by atoms with E-state index in [9.17, 15) is 0 Å². The third kappa shape index (κ3) is 4.62. The van der Waals surface area contributed by atoms with Crippen LogP contribution >= 0.6 is 20.8 Å². The molecule has 1 aliphatic carbocycles. The van der Waals surface area contributed by atoms with Crippen molar-refractivity contribution < 1.29 is 13.6 Å². The summed E-state index contributed by atoms with van der Waals surface area (Å²) in [4.78, 5) is 0. The first-order valence-corrected chi connectivity index (χ1v) is 8.97. The first-order chi connectivity index (χ1) is 11.8. The van der Waals surface area contributed by atoms with Crippen molar-refractivity contribution in [2.75, 3.05) is 0 Å². The van der Waals surface area contributed by atoms with Crippen molar-refractivity contribution in [3.8, 4) is 11.5 Å². The second-order valence-electron chi connectivity index (χ2n) is 4.82. The number of para-hydroxylation sites is 2. The van der Waals surface area contributed by atoms with Crippen LogP contribution in [0.25, 0.3) is 0 Å². The molecule has 0 radical (unpaired) electrons. The van der Waals surface area contributed by atoms with Gasteiger partial charge in [-0.05, 0) is 24.3 Å². The van der Waals surface area contributed by atoms with E-state index >= 15 is 0 Å². The summed E-state index contributed by atoms with van der Waals surface area (Å²) in [6, 6.07) is 19.0. The highest BCUT2D eigenvalue weighted by atomic mass is 32.1. The van der Waals surface area contributed by atoms with Crippen LogP contribution in [0, 0.1) is 12.5 Å². The zero-order valence-corrected chi connectivity index (χ0v) is 14.5. The number of hydrogen-bond donors (Lipinski definition) is 0. The molecule has 0 heterocycles. The molecular formula is C19H16O3PS-. The van der Waals surface area contributed by atoms with Gasteiger partial charge in [0, 0.05) is 6.10 Å². The average molecular weight is 355 g/mol. The van der Waals surface area contributed by atoms with Crippen LogP contribution in [0.15, 0.2) is 84.5 Å². The van der Waals surface area contributed by atoms with Gasteiger partial charge in [-0.2, -0.15) is 23.9 Å². The minimum atomic E-state index is -1.55. The van der Waals surface area contributed by atoms with E-state index in [1.807, 2.05) is 85.3 Å². The maximum Gasteiger partial charge on any atom is 0.665 e. The quantitative estimate of drug-likeness (QED) is 0.299. The fourth-order valence-electron chi connectivity index (χ4n) is 1.97. The van der Waals surface area contributed by atoms with E-state index in [2.05, 4.69) is 4.52 Å². The van der Waals surface area contributed by atoms with Crippen molar-refractivity contribution in [2.45, 2.75) is 0 Å². The van der Waals surface area contributed by atoms with E-state index < -0.39 is 8.60 Å². The lowest BCUT2D eigenvalue weighted by Gasteiger charge is -2.28. The molecule has 2 aromatic carbocycles. The van der Waals surface area contributed by atoms with Crippen LogP contribution < -0.4 is 9.05 Å². The van der Waals surface area contributed by atoms with Crippen LogP contribution in [0.3, 0.4) is 0 Å². The number of hydrogen-bond acceptors (Lipinski definition) is 3. The minimum absolute atomic E-state index is 0.711. The lowest BCUT2D eigenvalue weighted by molar-refractivity contribution is 0.161. The molecule has 0 saturated carbocycles. The molecule has 0 aliphatic heterocycles. The molecule has 0 unspecified atom stereocenters. The monoisotopic (exact) mass is 355 g/mol. The second kappa shape index (κ2) is 8.55. The van der Waals surface area contributed by atoms with Crippen LogP contribution in [0.2, 0.25) is 0 Å². The molecule has 2 aromatic rings. The van der Waals surface area contributed by atoms with Crippen molar-refractivity contribution in [1.82, 2.24) is 0 Å². The van der Waals surface area contributed by atoms with Gasteiger partial charge in [0.1, 0.15) is 11.5 Å². The highest BCUT2D eigenvalue weighted by Gasteiger charge is 2.27. The second-order valence-corrected chi connectivity index (χ2v) is 6.10. The van der Waals surface area contributed by atoms with Crippen molar-refractivity contribution >= 4 is 26.2 Å². The molecule has 0 aromatic heterocycles. The number of allylic oxidation sites excluding steroid dienone is 2. The van der Waals surface area contributed by atoms with Crippen molar-refractivity contribution in [3.63, 3.8) is 0 Å². The largest absolute Gasteiger partial charge is 0.665 e. The number of benzene rings is 2. The molecule has 0 spiro atoms. The molecule has 3 nitrogen and oxygen atoms in total. The summed E-state index contributed by atoms with van der Waals surface area (Å²) in [7, 11) is -1.55. The minimum Gasteiger partial charge on any atom is -0.382 e. The highest BCUT2D eigenvalue weighted by Crippen LogP contribution is 2.43. The Balaban J connectivity index is 1.76. The van der Waals surface area contributed by atoms with E-state index in [0.29, 0.717) is 11.5 Å². The average Bonchev–Trinajstić information content (AvgIpc) is 2.64. The van der Waals surface area contributed by atoms with Crippen LogP contribution in [-0.2, 0) is 0 Å². The Morgan fingerprint density at radius 1 is 0.958 bits per heavy atom. The highest BCUT2D eigenvalue weighted by molar-refractivity contribution is 7.79. The summed E-state index contributed by atoms with van der Waals surface area (Å²) in [6.45, 7) is 0. The van der Waals surface area contributed by atoms with Crippen LogP contribution in [-0.4, -0.2) is 9.89 Å². The van der Waals surface area contributed by atoms with Gasteiger partial charge in [-0.3, -0.25) is 6.42 Å². The lowest BCUT2D eigenvalue weighted by atomic mass is 10.1. The summed E-state index contributed by atoms with van der Waals surface area (Å²) in [5.74, 6) is 1.42. The Morgan fingerprint density at radius 2 is 1.54 bits per heavy atom. The molecule has 0 amide bonds. The van der Waals surface area contributed by atoms with E-state index in [-0.39, 0.29) is 0 Å².